The average Bonchev–Trinajstić information content (AvgIpc) is 3.60. The second kappa shape index (κ2) is 21.7. The SMILES string of the molecule is CC(C)(C)c1ccc([I+]c2ccc(C(C)(C)C)cc2)cc1.O=C([O-])C(O)(C(F)(F)F)C(F)(F)F.O=C([O-])c1c(F)c(F)c([N+](=O)[O-])c(F)c1F.c1ccc(-[s+]2c3ccccc3c3ccccc32)cc1. The van der Waals surface area contributed by atoms with E-state index in [4.69, 9.17) is 5.11 Å². The minimum atomic E-state index is -6.37. The first kappa shape index (κ1) is 55.5. The summed E-state index contributed by atoms with van der Waals surface area (Å²) in [4.78, 5) is 29.4. The molecule has 69 heavy (non-hydrogen) atoms. The third-order valence-electron chi connectivity index (χ3n) is 9.86. The monoisotopic (exact) mass is 1100 g/mol. The van der Waals surface area contributed by atoms with Crippen molar-refractivity contribution >= 4 is 48.3 Å². The molecule has 0 radical (unpaired) electrons. The highest BCUT2D eigenvalue weighted by Gasteiger charge is 2.71. The Balaban J connectivity index is 0.000000204. The van der Waals surface area contributed by atoms with E-state index in [0.29, 0.717) is 0 Å². The van der Waals surface area contributed by atoms with Crippen LogP contribution < -0.4 is 31.4 Å². The number of carbonyl (C=O) groups is 2. The largest absolute Gasteiger partial charge is 0.546 e. The minimum absolute atomic E-state index is 0.0594. The summed E-state index contributed by atoms with van der Waals surface area (Å²) in [6, 6.07) is 46.8. The summed E-state index contributed by atoms with van der Waals surface area (Å²) in [7, 11) is 0.0594. The Labute approximate surface area is 401 Å². The van der Waals surface area contributed by atoms with Gasteiger partial charge in [-0.05, 0) is 82.6 Å². The van der Waals surface area contributed by atoms with E-state index >= 15 is 0 Å². The van der Waals surface area contributed by atoms with E-state index in [2.05, 4.69) is 169 Å². The van der Waals surface area contributed by atoms with Crippen molar-refractivity contribution in [1.29, 1.82) is 0 Å². The number of nitrogens with zero attached hydrogens (tertiary/aromatic N) is 1. The number of carbonyl (C=O) groups excluding carboxylic acids is 2. The van der Waals surface area contributed by atoms with Crippen LogP contribution in [0.5, 0.6) is 0 Å². The summed E-state index contributed by atoms with van der Waals surface area (Å²) in [5.74, 6) is -15.8. The molecule has 0 amide bonds. The van der Waals surface area contributed by atoms with Crippen LogP contribution in [0.1, 0.15) is 63.0 Å². The molecule has 0 aliphatic rings. The van der Waals surface area contributed by atoms with Crippen LogP contribution in [0.15, 0.2) is 127 Å². The Morgan fingerprint density at radius 1 is 0.551 bits per heavy atom. The number of thiophene rings is 1. The Morgan fingerprint density at radius 2 is 0.899 bits per heavy atom. The van der Waals surface area contributed by atoms with Gasteiger partial charge in [-0.3, -0.25) is 10.1 Å². The van der Waals surface area contributed by atoms with Crippen molar-refractivity contribution in [2.75, 3.05) is 0 Å². The molecule has 6 aromatic carbocycles. The molecule has 0 unspecified atom stereocenters. The topological polar surface area (TPSA) is 144 Å². The van der Waals surface area contributed by atoms with Crippen LogP contribution in [0, 0.1) is 40.5 Å². The summed E-state index contributed by atoms with van der Waals surface area (Å²) in [6.07, 6.45) is -12.7. The first-order valence-corrected chi connectivity index (χ1v) is 23.3. The van der Waals surface area contributed by atoms with Gasteiger partial charge in [-0.1, -0.05) is 108 Å². The van der Waals surface area contributed by atoms with E-state index in [-0.39, 0.29) is 42.5 Å². The number of nitro groups is 1. The fraction of sp³-hybridized carbons (Fsp3) is 0.224. The molecule has 1 N–H and O–H groups in total. The van der Waals surface area contributed by atoms with E-state index < -0.39 is 69.3 Å². The van der Waals surface area contributed by atoms with Crippen LogP contribution in [0.2, 0.25) is 0 Å². The quantitative estimate of drug-likeness (QED) is 0.0442. The molecule has 1 heterocycles. The van der Waals surface area contributed by atoms with Gasteiger partial charge < -0.3 is 24.9 Å². The lowest BCUT2D eigenvalue weighted by molar-refractivity contribution is -0.597. The molecule has 0 saturated carbocycles. The lowest BCUT2D eigenvalue weighted by Gasteiger charge is -2.32. The molecule has 0 atom stereocenters. The van der Waals surface area contributed by atoms with Crippen molar-refractivity contribution in [3.05, 3.63) is 185 Å². The molecule has 0 fully saturated rings. The van der Waals surface area contributed by atoms with Gasteiger partial charge in [-0.25, -0.2) is 8.78 Å². The second-order valence-corrected chi connectivity index (χ2v) is 21.7. The van der Waals surface area contributed by atoms with Crippen LogP contribution in [0.4, 0.5) is 49.6 Å². The first-order chi connectivity index (χ1) is 31.8. The smallest absolute Gasteiger partial charge is 0.431 e. The van der Waals surface area contributed by atoms with Gasteiger partial charge >= 0.3 is 39.2 Å². The number of alkyl halides is 6. The number of aliphatic hydroxyl groups is 1. The Morgan fingerprint density at radius 3 is 1.19 bits per heavy atom. The van der Waals surface area contributed by atoms with Gasteiger partial charge in [0.05, 0.1) is 22.4 Å². The maximum Gasteiger partial charge on any atom is 0.431 e. The van der Waals surface area contributed by atoms with Gasteiger partial charge in [0.1, 0.15) is 0 Å². The number of aliphatic carboxylic acids is 1. The summed E-state index contributed by atoms with van der Waals surface area (Å²) in [6.45, 7) is 13.6. The first-order valence-electron chi connectivity index (χ1n) is 20.0. The van der Waals surface area contributed by atoms with Crippen LogP contribution in [-0.4, -0.2) is 39.9 Å². The zero-order chi connectivity index (χ0) is 52.0. The number of hydrogen-bond donors (Lipinski definition) is 1. The van der Waals surface area contributed by atoms with Gasteiger partial charge in [-0.2, -0.15) is 35.1 Å². The van der Waals surface area contributed by atoms with Crippen LogP contribution in [0.25, 0.3) is 25.1 Å². The highest BCUT2D eigenvalue weighted by molar-refractivity contribution is 7.50. The molecular weight excluding hydrogens is 1060 g/mol. The number of halogens is 11. The average molecular weight is 1100 g/mol. The zero-order valence-electron chi connectivity index (χ0n) is 37.0. The second-order valence-electron chi connectivity index (χ2n) is 16.7. The lowest BCUT2D eigenvalue weighted by atomic mass is 9.87. The highest BCUT2D eigenvalue weighted by Crippen LogP contribution is 2.48. The van der Waals surface area contributed by atoms with Crippen molar-refractivity contribution in [3.8, 4) is 4.90 Å². The fourth-order valence-electron chi connectivity index (χ4n) is 6.17. The van der Waals surface area contributed by atoms with Gasteiger partial charge in [0, 0.05) is 21.2 Å². The van der Waals surface area contributed by atoms with Gasteiger partial charge in [0.25, 0.3) is 5.60 Å². The third kappa shape index (κ3) is 12.8. The van der Waals surface area contributed by atoms with Crippen molar-refractivity contribution < 1.29 is 94.9 Å². The summed E-state index contributed by atoms with van der Waals surface area (Å²) < 4.78 is 126. The summed E-state index contributed by atoms with van der Waals surface area (Å²) in [5.41, 5.74) is -6.63. The molecule has 366 valence electrons. The molecule has 0 spiro atoms. The van der Waals surface area contributed by atoms with E-state index in [0.717, 1.165) is 0 Å². The van der Waals surface area contributed by atoms with Crippen LogP contribution in [-0.2, 0) is 15.6 Å². The van der Waals surface area contributed by atoms with E-state index in [1.807, 2.05) is 0 Å². The van der Waals surface area contributed by atoms with E-state index in [1.54, 1.807) is 0 Å². The number of carboxylic acid groups (broad SMARTS) is 2. The van der Waals surface area contributed by atoms with Crippen molar-refractivity contribution in [2.45, 2.75) is 70.3 Å². The van der Waals surface area contributed by atoms with Crippen LogP contribution in [0.3, 0.4) is 0 Å². The number of fused-ring (bicyclic) bond motifs is 3. The molecule has 0 bridgehead atoms. The molecule has 1 aromatic heterocycles. The number of carboxylic acids is 2. The standard InChI is InChI=1S/C20H26I.C18H13S.C7HF4NO4.C4H2F6O3/c1-19(2,3)15-7-11-17(12-8-15)21-18-13-9-16(10-14-18)20(4,5)6;1-2-8-14(9-3-1)19-17-12-6-4-10-15(17)16-11-5-7-13-18(16)19;8-2-1(7(13)14)3(9)5(11)6(4(2)10)12(15)16;5-3(6,7)2(13,1(11)12)4(8,9)10/h7-14H,1-6H3;1-13H;(H,13,14);13H,(H,11,12)/q2*+1;;/p-2. The number of rotatable bonds is 6. The minimum Gasteiger partial charge on any atom is -0.546 e. The fourth-order valence-corrected chi connectivity index (χ4v) is 10.7. The number of nitro benzene ring substituents is 1. The Kier molecular flexibility index (Phi) is 17.4. The highest BCUT2D eigenvalue weighted by atomic mass is 127. The van der Waals surface area contributed by atoms with Gasteiger partial charge in [0.2, 0.25) is 11.6 Å². The van der Waals surface area contributed by atoms with Crippen molar-refractivity contribution in [1.82, 2.24) is 0 Å². The zero-order valence-corrected chi connectivity index (χ0v) is 40.0. The molecule has 20 heteroatoms. The van der Waals surface area contributed by atoms with Gasteiger partial charge in [-0.15, -0.1) is 0 Å². The van der Waals surface area contributed by atoms with E-state index in [9.17, 15) is 73.8 Å². The summed E-state index contributed by atoms with van der Waals surface area (Å²) in [5, 5.41) is 40.3. The molecule has 8 nitrogen and oxygen atoms in total. The van der Waals surface area contributed by atoms with Crippen molar-refractivity contribution in [2.24, 2.45) is 0 Å². The number of benzene rings is 6. The van der Waals surface area contributed by atoms with Gasteiger partial charge in [0.15, 0.2) is 33.1 Å². The molecule has 0 saturated heterocycles. The molecule has 7 rings (SSSR count). The molecular formula is C49H40F10INO7S. The molecule has 7 aromatic rings. The maximum absolute atomic E-state index is 12.8. The van der Waals surface area contributed by atoms with Crippen LogP contribution >= 0.6 is 10.5 Å². The summed E-state index contributed by atoms with van der Waals surface area (Å²) >= 11 is -0.0703. The predicted octanol–water partition coefficient (Wildman–Crippen LogP) is 8.25. The number of aromatic carboxylic acids is 1. The third-order valence-corrected chi connectivity index (χ3v) is 14.9. The van der Waals surface area contributed by atoms with Crippen molar-refractivity contribution in [3.63, 3.8) is 0 Å². The molecule has 0 aliphatic heterocycles. The van der Waals surface area contributed by atoms with E-state index in [1.165, 1.54) is 43.3 Å². The predicted molar refractivity (Wildman–Crippen MR) is 232 cm³/mol. The Bertz CT molecular complexity index is 2750. The lowest BCUT2D eigenvalue weighted by Crippen LogP contribution is -3.61. The maximum atomic E-state index is 12.8. The normalized spacial score (nSPS) is 12.0. The molecule has 0 aliphatic carbocycles. The number of hydrogen-bond acceptors (Lipinski definition) is 7. The Hall–Kier alpha value is -6.13.